The van der Waals surface area contributed by atoms with E-state index in [2.05, 4.69) is 41.5 Å². The largest absolute Gasteiger partial charge is 0.385 e. The third kappa shape index (κ3) is 2.77. The number of carbonyl (C=O) groups excluding carboxylic acids is 1. The standard InChI is InChI=1S/C15H19N2O2P/c1-9(16-8-15(2,3)4)10-5-6-11-12(7-10)14(20)17(19)13(11)18/h5-7,16,19-20H,1,8H2,2-4H3. The zero-order chi connectivity index (χ0) is 15.1. The number of hydrogen-bond donors (Lipinski definition) is 2. The van der Waals surface area contributed by atoms with E-state index in [0.29, 0.717) is 21.6 Å². The Balaban J connectivity index is 2.23. The third-order valence-corrected chi connectivity index (χ3v) is 3.57. The molecule has 0 spiro atoms. The Kier molecular flexibility index (Phi) is 3.72. The summed E-state index contributed by atoms with van der Waals surface area (Å²) in [5.74, 6) is -0.426. The summed E-state index contributed by atoms with van der Waals surface area (Å²) in [4.78, 5) is 11.7. The van der Waals surface area contributed by atoms with Crippen molar-refractivity contribution >= 4 is 25.9 Å². The molecular weight excluding hydrogens is 271 g/mol. The molecule has 1 amide bonds. The lowest BCUT2D eigenvalue weighted by Gasteiger charge is -2.21. The highest BCUT2D eigenvalue weighted by molar-refractivity contribution is 7.22. The Morgan fingerprint density at radius 2 is 2.05 bits per heavy atom. The Morgan fingerprint density at radius 1 is 1.40 bits per heavy atom. The predicted octanol–water partition coefficient (Wildman–Crippen LogP) is 2.76. The van der Waals surface area contributed by atoms with Crippen molar-refractivity contribution in [2.45, 2.75) is 20.8 Å². The Labute approximate surface area is 121 Å². The van der Waals surface area contributed by atoms with Gasteiger partial charge in [0.2, 0.25) is 0 Å². The van der Waals surface area contributed by atoms with Crippen LogP contribution in [0.1, 0.15) is 42.3 Å². The van der Waals surface area contributed by atoms with Gasteiger partial charge in [0.15, 0.2) is 0 Å². The molecule has 0 aliphatic carbocycles. The molecule has 0 bridgehead atoms. The van der Waals surface area contributed by atoms with Crippen molar-refractivity contribution in [2.75, 3.05) is 6.54 Å². The van der Waals surface area contributed by atoms with Gasteiger partial charge in [0, 0.05) is 17.8 Å². The first-order valence-corrected chi connectivity index (χ1v) is 6.90. The molecule has 0 saturated carbocycles. The SMILES string of the molecule is C=C(NCC(C)(C)C)c1ccc2c(c1)C(=P)N(O)C2=O. The third-order valence-electron chi connectivity index (χ3n) is 3.09. The van der Waals surface area contributed by atoms with Gasteiger partial charge in [0.25, 0.3) is 5.91 Å². The first-order valence-electron chi connectivity index (χ1n) is 6.40. The summed E-state index contributed by atoms with van der Waals surface area (Å²) >= 11 is 0. The average molecular weight is 290 g/mol. The molecular formula is C15H19N2O2P. The van der Waals surface area contributed by atoms with E-state index >= 15 is 0 Å². The van der Waals surface area contributed by atoms with Crippen LogP contribution in [0.15, 0.2) is 24.8 Å². The monoisotopic (exact) mass is 290 g/mol. The maximum absolute atomic E-state index is 11.7. The van der Waals surface area contributed by atoms with Crippen molar-refractivity contribution < 1.29 is 10.0 Å². The highest BCUT2D eigenvalue weighted by Gasteiger charge is 2.30. The van der Waals surface area contributed by atoms with E-state index < -0.39 is 5.91 Å². The van der Waals surface area contributed by atoms with Crippen molar-refractivity contribution in [3.63, 3.8) is 0 Å². The molecule has 0 unspecified atom stereocenters. The van der Waals surface area contributed by atoms with Gasteiger partial charge in [-0.3, -0.25) is 10.0 Å². The summed E-state index contributed by atoms with van der Waals surface area (Å²) in [5.41, 5.74) is 3.35. The second-order valence-electron chi connectivity index (χ2n) is 6.12. The number of benzene rings is 1. The van der Waals surface area contributed by atoms with Crippen LogP contribution in [0.5, 0.6) is 0 Å². The lowest BCUT2D eigenvalue weighted by atomic mass is 9.96. The molecule has 0 saturated heterocycles. The van der Waals surface area contributed by atoms with Crippen LogP contribution in [0.2, 0.25) is 0 Å². The fourth-order valence-electron chi connectivity index (χ4n) is 1.92. The van der Waals surface area contributed by atoms with Gasteiger partial charge in [0.1, 0.15) is 5.42 Å². The summed E-state index contributed by atoms with van der Waals surface area (Å²) in [6.07, 6.45) is 0. The minimum absolute atomic E-state index is 0.157. The number of nitrogens with one attached hydrogen (secondary N) is 1. The van der Waals surface area contributed by atoms with Crippen molar-refractivity contribution in [3.8, 4) is 0 Å². The van der Waals surface area contributed by atoms with E-state index in [1.54, 1.807) is 6.07 Å². The fourth-order valence-corrected chi connectivity index (χ4v) is 2.23. The molecule has 1 aromatic carbocycles. The molecule has 0 atom stereocenters. The molecule has 1 aliphatic rings. The van der Waals surface area contributed by atoms with Crippen molar-refractivity contribution in [3.05, 3.63) is 41.5 Å². The quantitative estimate of drug-likeness (QED) is 0.665. The van der Waals surface area contributed by atoms with E-state index in [4.69, 9.17) is 0 Å². The van der Waals surface area contributed by atoms with Crippen LogP contribution < -0.4 is 5.32 Å². The van der Waals surface area contributed by atoms with Crippen LogP contribution >= 0.6 is 8.86 Å². The van der Waals surface area contributed by atoms with Crippen LogP contribution in [-0.4, -0.2) is 28.1 Å². The number of hydrogen-bond acceptors (Lipinski definition) is 3. The van der Waals surface area contributed by atoms with Crippen LogP contribution in [0.4, 0.5) is 0 Å². The highest BCUT2D eigenvalue weighted by atomic mass is 31.0. The number of rotatable bonds is 3. The second kappa shape index (κ2) is 5.04. The Morgan fingerprint density at radius 3 is 2.65 bits per heavy atom. The van der Waals surface area contributed by atoms with Crippen molar-refractivity contribution in [1.29, 1.82) is 0 Å². The molecule has 0 fully saturated rings. The number of fused-ring (bicyclic) bond motifs is 1. The summed E-state index contributed by atoms with van der Waals surface area (Å²) in [6, 6.07) is 5.37. The van der Waals surface area contributed by atoms with Crippen LogP contribution in [0, 0.1) is 5.41 Å². The van der Waals surface area contributed by atoms with Gasteiger partial charge in [-0.15, -0.1) is 0 Å². The second-order valence-corrected chi connectivity index (χ2v) is 6.59. The van der Waals surface area contributed by atoms with Gasteiger partial charge in [-0.05, 0) is 23.1 Å². The molecule has 1 aliphatic heterocycles. The first kappa shape index (κ1) is 14.8. The molecule has 5 heteroatoms. The minimum Gasteiger partial charge on any atom is -0.385 e. The minimum atomic E-state index is -0.426. The molecule has 1 aromatic rings. The number of amides is 1. The van der Waals surface area contributed by atoms with Gasteiger partial charge < -0.3 is 5.32 Å². The summed E-state index contributed by atoms with van der Waals surface area (Å²) in [6.45, 7) is 11.2. The molecule has 4 nitrogen and oxygen atoms in total. The molecule has 0 aromatic heterocycles. The lowest BCUT2D eigenvalue weighted by Crippen LogP contribution is -2.25. The molecule has 106 valence electrons. The zero-order valence-corrected chi connectivity index (χ0v) is 12.9. The summed E-state index contributed by atoms with van der Waals surface area (Å²) in [7, 11) is 3.27. The van der Waals surface area contributed by atoms with Crippen molar-refractivity contribution in [2.24, 2.45) is 5.41 Å². The van der Waals surface area contributed by atoms with Gasteiger partial charge in [0.05, 0.1) is 5.56 Å². The van der Waals surface area contributed by atoms with E-state index in [1.165, 1.54) is 0 Å². The topological polar surface area (TPSA) is 52.6 Å². The van der Waals surface area contributed by atoms with E-state index in [0.717, 1.165) is 17.8 Å². The van der Waals surface area contributed by atoms with Gasteiger partial charge >= 0.3 is 0 Å². The maximum Gasteiger partial charge on any atom is 0.283 e. The van der Waals surface area contributed by atoms with E-state index in [1.807, 2.05) is 12.1 Å². The van der Waals surface area contributed by atoms with E-state index in [9.17, 15) is 10.0 Å². The molecule has 2 N–H and O–H groups in total. The summed E-state index contributed by atoms with van der Waals surface area (Å²) in [5, 5.41) is 13.5. The summed E-state index contributed by atoms with van der Waals surface area (Å²) < 4.78 is 0. The molecule has 20 heavy (non-hydrogen) atoms. The Bertz CT molecular complexity index is 602. The number of carbonyl (C=O) groups is 1. The van der Waals surface area contributed by atoms with E-state index in [-0.39, 0.29) is 5.41 Å². The maximum atomic E-state index is 11.7. The lowest BCUT2D eigenvalue weighted by molar-refractivity contribution is 0.00248. The zero-order valence-electron chi connectivity index (χ0n) is 11.9. The smallest absolute Gasteiger partial charge is 0.283 e. The van der Waals surface area contributed by atoms with Gasteiger partial charge in [-0.25, -0.2) is 0 Å². The molecule has 0 radical (unpaired) electrons. The molecule has 1 heterocycles. The van der Waals surface area contributed by atoms with Gasteiger partial charge in [-0.2, -0.15) is 5.06 Å². The first-order chi connectivity index (χ1) is 9.20. The molecule has 2 rings (SSSR count). The van der Waals surface area contributed by atoms with Crippen LogP contribution in [0.25, 0.3) is 5.70 Å². The van der Waals surface area contributed by atoms with Crippen LogP contribution in [0.3, 0.4) is 0 Å². The fraction of sp³-hybridized carbons (Fsp3) is 0.333. The van der Waals surface area contributed by atoms with Crippen LogP contribution in [-0.2, 0) is 0 Å². The number of hydroxylamine groups is 2. The van der Waals surface area contributed by atoms with Gasteiger partial charge in [-0.1, -0.05) is 42.3 Å². The number of nitrogens with zero attached hydrogens (tertiary/aromatic N) is 1. The average Bonchev–Trinajstić information content (AvgIpc) is 2.60. The normalized spacial score (nSPS) is 14.5. The Hall–Kier alpha value is -1.64. The predicted molar refractivity (Wildman–Crippen MR) is 83.3 cm³/mol. The van der Waals surface area contributed by atoms with Crippen molar-refractivity contribution in [1.82, 2.24) is 10.4 Å². The highest BCUT2D eigenvalue weighted by Crippen LogP contribution is 2.26.